The predicted octanol–water partition coefficient (Wildman–Crippen LogP) is 3.85. The molecule has 0 aliphatic heterocycles. The molecule has 1 aromatic heterocycles. The van der Waals surface area contributed by atoms with Crippen LogP contribution in [0.3, 0.4) is 0 Å². The summed E-state index contributed by atoms with van der Waals surface area (Å²) >= 11 is 6.41. The number of rotatable bonds is 2. The van der Waals surface area contributed by atoms with Crippen molar-refractivity contribution < 1.29 is 4.42 Å². The van der Waals surface area contributed by atoms with Crippen LogP contribution in [0.4, 0.5) is 0 Å². The van der Waals surface area contributed by atoms with E-state index in [-0.39, 0.29) is 16.5 Å². The van der Waals surface area contributed by atoms with E-state index in [0.717, 1.165) is 17.5 Å². The zero-order valence-corrected chi connectivity index (χ0v) is 11.9. The summed E-state index contributed by atoms with van der Waals surface area (Å²) in [6, 6.07) is 5.70. The van der Waals surface area contributed by atoms with Crippen molar-refractivity contribution in [1.82, 2.24) is 4.57 Å². The summed E-state index contributed by atoms with van der Waals surface area (Å²) in [5, 5.41) is -0.0695. The SMILES string of the molecule is Cn1c(=O)oc2cc(C(Cl)CC(C)(C)C)ccc21. The molecule has 2 rings (SSSR count). The Hall–Kier alpha value is -1.22. The zero-order chi connectivity index (χ0) is 13.5. The molecule has 0 bridgehead atoms. The number of hydrogen-bond acceptors (Lipinski definition) is 2. The van der Waals surface area contributed by atoms with Crippen LogP contribution < -0.4 is 5.76 Å². The van der Waals surface area contributed by atoms with Crippen molar-refractivity contribution in [2.75, 3.05) is 0 Å². The van der Waals surface area contributed by atoms with E-state index in [9.17, 15) is 4.79 Å². The second-order valence-electron chi connectivity index (χ2n) is 5.89. The smallest absolute Gasteiger partial charge is 0.408 e. The molecule has 0 fully saturated rings. The van der Waals surface area contributed by atoms with E-state index in [1.165, 1.54) is 4.57 Å². The first-order valence-corrected chi connectivity index (χ1v) is 6.45. The van der Waals surface area contributed by atoms with E-state index in [4.69, 9.17) is 16.0 Å². The molecule has 0 radical (unpaired) electrons. The fourth-order valence-corrected chi connectivity index (χ4v) is 2.60. The van der Waals surface area contributed by atoms with Crippen LogP contribution in [0.2, 0.25) is 0 Å². The summed E-state index contributed by atoms with van der Waals surface area (Å²) in [5.74, 6) is -0.343. The molecular formula is C14H18ClNO2. The fourth-order valence-electron chi connectivity index (χ4n) is 2.00. The van der Waals surface area contributed by atoms with E-state index in [2.05, 4.69) is 20.8 Å². The Kier molecular flexibility index (Phi) is 3.28. The van der Waals surface area contributed by atoms with Crippen LogP contribution in [-0.4, -0.2) is 4.57 Å². The Balaban J connectivity index is 2.38. The fraction of sp³-hybridized carbons (Fsp3) is 0.500. The number of alkyl halides is 1. The van der Waals surface area contributed by atoms with Crippen molar-refractivity contribution in [2.24, 2.45) is 12.5 Å². The van der Waals surface area contributed by atoms with Crippen molar-refractivity contribution in [3.05, 3.63) is 34.3 Å². The molecule has 0 saturated heterocycles. The summed E-state index contributed by atoms with van der Waals surface area (Å²) < 4.78 is 6.66. The third kappa shape index (κ3) is 2.61. The Bertz CT molecular complexity index is 619. The number of halogens is 1. The summed E-state index contributed by atoms with van der Waals surface area (Å²) in [6.45, 7) is 6.47. The van der Waals surface area contributed by atoms with E-state index in [1.54, 1.807) is 7.05 Å². The first-order chi connectivity index (χ1) is 8.28. The van der Waals surface area contributed by atoms with Gasteiger partial charge in [0.05, 0.1) is 10.9 Å². The van der Waals surface area contributed by atoms with E-state index < -0.39 is 0 Å². The van der Waals surface area contributed by atoms with Gasteiger partial charge in [0, 0.05) is 7.05 Å². The average molecular weight is 268 g/mol. The summed E-state index contributed by atoms with van der Waals surface area (Å²) in [7, 11) is 1.70. The van der Waals surface area contributed by atoms with Crippen LogP contribution in [-0.2, 0) is 7.05 Å². The summed E-state index contributed by atoms with van der Waals surface area (Å²) in [4.78, 5) is 11.4. The van der Waals surface area contributed by atoms with Crippen LogP contribution in [0.5, 0.6) is 0 Å². The molecule has 1 heterocycles. The number of oxazole rings is 1. The number of aryl methyl sites for hydroxylation is 1. The third-order valence-electron chi connectivity index (χ3n) is 2.97. The van der Waals surface area contributed by atoms with Crippen LogP contribution in [0.25, 0.3) is 11.1 Å². The van der Waals surface area contributed by atoms with Gasteiger partial charge in [0.25, 0.3) is 0 Å². The molecular weight excluding hydrogens is 250 g/mol. The molecule has 0 aliphatic rings. The van der Waals surface area contributed by atoms with Gasteiger partial charge in [0.15, 0.2) is 5.58 Å². The second kappa shape index (κ2) is 4.47. The van der Waals surface area contributed by atoms with Crippen molar-refractivity contribution in [1.29, 1.82) is 0 Å². The maximum Gasteiger partial charge on any atom is 0.419 e. The Morgan fingerprint density at radius 3 is 2.67 bits per heavy atom. The number of nitrogens with zero attached hydrogens (tertiary/aromatic N) is 1. The lowest BCUT2D eigenvalue weighted by molar-refractivity contribution is 0.372. The van der Waals surface area contributed by atoms with Crippen molar-refractivity contribution in [3.8, 4) is 0 Å². The van der Waals surface area contributed by atoms with E-state index >= 15 is 0 Å². The molecule has 0 aliphatic carbocycles. The molecule has 18 heavy (non-hydrogen) atoms. The monoisotopic (exact) mass is 267 g/mol. The molecule has 1 unspecified atom stereocenters. The molecule has 1 aromatic carbocycles. The van der Waals surface area contributed by atoms with Crippen LogP contribution >= 0.6 is 11.6 Å². The normalized spacial score (nSPS) is 14.1. The highest BCUT2D eigenvalue weighted by atomic mass is 35.5. The zero-order valence-electron chi connectivity index (χ0n) is 11.2. The van der Waals surface area contributed by atoms with E-state index in [0.29, 0.717) is 5.58 Å². The predicted molar refractivity (Wildman–Crippen MR) is 74.1 cm³/mol. The van der Waals surface area contributed by atoms with Gasteiger partial charge in [-0.2, -0.15) is 0 Å². The van der Waals surface area contributed by atoms with Crippen LogP contribution in [0, 0.1) is 5.41 Å². The molecule has 2 aromatic rings. The highest BCUT2D eigenvalue weighted by Crippen LogP contribution is 2.34. The quantitative estimate of drug-likeness (QED) is 0.775. The highest BCUT2D eigenvalue weighted by molar-refractivity contribution is 6.20. The molecule has 0 N–H and O–H groups in total. The summed E-state index contributed by atoms with van der Waals surface area (Å²) in [6.07, 6.45) is 0.872. The van der Waals surface area contributed by atoms with Crippen molar-refractivity contribution in [3.63, 3.8) is 0 Å². The standard InChI is InChI=1S/C14H18ClNO2/c1-14(2,3)8-10(15)9-5-6-11-12(7-9)18-13(17)16(11)4/h5-7,10H,8H2,1-4H3. The minimum absolute atomic E-state index is 0.0695. The number of hydrogen-bond donors (Lipinski definition) is 0. The topological polar surface area (TPSA) is 35.1 Å². The lowest BCUT2D eigenvalue weighted by Crippen LogP contribution is -2.09. The van der Waals surface area contributed by atoms with Gasteiger partial charge in [-0.25, -0.2) is 4.79 Å². The largest absolute Gasteiger partial charge is 0.419 e. The van der Waals surface area contributed by atoms with Gasteiger partial charge in [0.1, 0.15) is 0 Å². The van der Waals surface area contributed by atoms with Gasteiger partial charge < -0.3 is 4.42 Å². The minimum Gasteiger partial charge on any atom is -0.408 e. The number of aromatic nitrogens is 1. The lowest BCUT2D eigenvalue weighted by Gasteiger charge is -2.21. The maximum atomic E-state index is 11.4. The highest BCUT2D eigenvalue weighted by Gasteiger charge is 2.19. The van der Waals surface area contributed by atoms with Crippen molar-refractivity contribution in [2.45, 2.75) is 32.6 Å². The molecule has 98 valence electrons. The molecule has 4 heteroatoms. The van der Waals surface area contributed by atoms with Gasteiger partial charge in [-0.1, -0.05) is 26.8 Å². The maximum absolute atomic E-state index is 11.4. The van der Waals surface area contributed by atoms with Gasteiger partial charge in [-0.3, -0.25) is 4.57 Å². The Morgan fingerprint density at radius 2 is 2.06 bits per heavy atom. The number of fused-ring (bicyclic) bond motifs is 1. The summed E-state index contributed by atoms with van der Waals surface area (Å²) in [5.41, 5.74) is 2.55. The molecule has 1 atom stereocenters. The van der Waals surface area contributed by atoms with Crippen molar-refractivity contribution >= 4 is 22.7 Å². The number of benzene rings is 1. The molecule has 0 amide bonds. The first-order valence-electron chi connectivity index (χ1n) is 6.01. The van der Waals surface area contributed by atoms with Gasteiger partial charge >= 0.3 is 5.76 Å². The van der Waals surface area contributed by atoms with Crippen LogP contribution in [0.15, 0.2) is 27.4 Å². The second-order valence-corrected chi connectivity index (χ2v) is 6.41. The first kappa shape index (κ1) is 13.2. The molecule has 3 nitrogen and oxygen atoms in total. The van der Waals surface area contributed by atoms with Gasteiger partial charge in [0.2, 0.25) is 0 Å². The van der Waals surface area contributed by atoms with Gasteiger partial charge in [-0.05, 0) is 29.5 Å². The lowest BCUT2D eigenvalue weighted by atomic mass is 9.88. The minimum atomic E-state index is -0.343. The van der Waals surface area contributed by atoms with Crippen LogP contribution in [0.1, 0.15) is 38.1 Å². The van der Waals surface area contributed by atoms with Gasteiger partial charge in [-0.15, -0.1) is 11.6 Å². The Morgan fingerprint density at radius 1 is 1.39 bits per heavy atom. The molecule has 0 saturated carbocycles. The molecule has 0 spiro atoms. The Labute approximate surface area is 111 Å². The van der Waals surface area contributed by atoms with E-state index in [1.807, 2.05) is 18.2 Å². The third-order valence-corrected chi connectivity index (χ3v) is 3.38. The average Bonchev–Trinajstić information content (AvgIpc) is 2.52.